The summed E-state index contributed by atoms with van der Waals surface area (Å²) in [6.45, 7) is 1.24. The molecule has 0 radical (unpaired) electrons. The van der Waals surface area contributed by atoms with Crippen LogP contribution in [0.3, 0.4) is 0 Å². The number of carbonyl (C=O) groups excluding carboxylic acids is 2. The van der Waals surface area contributed by atoms with E-state index in [-0.39, 0.29) is 29.8 Å². The normalized spacial score (nSPS) is 22.6. The van der Waals surface area contributed by atoms with Gasteiger partial charge in [0.25, 0.3) is 11.8 Å². The van der Waals surface area contributed by atoms with Gasteiger partial charge in [-0.05, 0) is 49.6 Å². The first-order chi connectivity index (χ1) is 14.0. The summed E-state index contributed by atoms with van der Waals surface area (Å²) >= 11 is 0. The molecule has 3 heterocycles. The van der Waals surface area contributed by atoms with E-state index in [0.717, 1.165) is 6.20 Å². The number of morpholine rings is 1. The number of anilines is 1. The summed E-state index contributed by atoms with van der Waals surface area (Å²) in [6, 6.07) is 6.99. The van der Waals surface area contributed by atoms with Crippen molar-refractivity contribution in [2.75, 3.05) is 31.1 Å². The second-order valence-electron chi connectivity index (χ2n) is 7.47. The molecule has 2 amide bonds. The molecule has 2 aliphatic rings. The van der Waals surface area contributed by atoms with Gasteiger partial charge in [0.15, 0.2) is 0 Å². The minimum Gasteiger partial charge on any atom is -0.363 e. The third kappa shape index (κ3) is 4.12. The van der Waals surface area contributed by atoms with Crippen molar-refractivity contribution < 1.29 is 23.1 Å². The third-order valence-electron chi connectivity index (χ3n) is 5.52. The van der Waals surface area contributed by atoms with Crippen LogP contribution in [0.2, 0.25) is 0 Å². The van der Waals surface area contributed by atoms with E-state index in [1.165, 1.54) is 24.4 Å². The summed E-state index contributed by atoms with van der Waals surface area (Å²) in [5, 5.41) is 0. The van der Waals surface area contributed by atoms with Gasteiger partial charge < -0.3 is 14.5 Å². The summed E-state index contributed by atoms with van der Waals surface area (Å²) in [7, 11) is 0. The molecular weight excluding hydrogens is 380 g/mol. The molecule has 6 nitrogen and oxygen atoms in total. The average Bonchev–Trinajstić information content (AvgIpc) is 2.93. The molecule has 2 fully saturated rings. The lowest BCUT2D eigenvalue weighted by atomic mass is 9.92. The molecule has 4 rings (SSSR count). The van der Waals surface area contributed by atoms with Crippen LogP contribution in [0.15, 0.2) is 42.7 Å². The van der Waals surface area contributed by atoms with Crippen LogP contribution < -0.4 is 4.90 Å². The molecule has 0 saturated carbocycles. The molecule has 1 atom stereocenters. The summed E-state index contributed by atoms with van der Waals surface area (Å²) < 4.78 is 32.6. The van der Waals surface area contributed by atoms with Gasteiger partial charge in [0.05, 0.1) is 23.9 Å². The van der Waals surface area contributed by atoms with Gasteiger partial charge in [-0.1, -0.05) is 0 Å². The molecule has 0 N–H and O–H groups in total. The van der Waals surface area contributed by atoms with Crippen LogP contribution >= 0.6 is 0 Å². The van der Waals surface area contributed by atoms with Gasteiger partial charge in [0.1, 0.15) is 18.2 Å². The van der Waals surface area contributed by atoms with E-state index in [2.05, 4.69) is 4.98 Å². The Morgan fingerprint density at radius 3 is 2.62 bits per heavy atom. The first kappa shape index (κ1) is 19.4. The predicted octanol–water partition coefficient (Wildman–Crippen LogP) is 2.79. The number of likely N-dealkylation sites (tertiary alicyclic amines) is 1. The fourth-order valence-electron chi connectivity index (χ4n) is 3.96. The first-order valence-corrected chi connectivity index (χ1v) is 9.56. The van der Waals surface area contributed by atoms with E-state index in [4.69, 9.17) is 4.74 Å². The standard InChI is InChI=1S/C21H21F2N3O3/c22-16-2-4-18(5-3-16)26-14-21(29-13-19(26)27)6-1-8-25(9-7-21)20(28)15-10-17(23)12-24-11-15/h2-5,10-12H,1,6-9,13-14H2. The second kappa shape index (κ2) is 7.87. The third-order valence-corrected chi connectivity index (χ3v) is 5.52. The number of carbonyl (C=O) groups is 2. The van der Waals surface area contributed by atoms with Crippen LogP contribution in [0.25, 0.3) is 0 Å². The van der Waals surface area contributed by atoms with Crippen molar-refractivity contribution in [2.24, 2.45) is 0 Å². The topological polar surface area (TPSA) is 62.7 Å². The maximum Gasteiger partial charge on any atom is 0.255 e. The molecule has 0 aliphatic carbocycles. The second-order valence-corrected chi connectivity index (χ2v) is 7.47. The fourth-order valence-corrected chi connectivity index (χ4v) is 3.96. The molecule has 1 spiro atoms. The summed E-state index contributed by atoms with van der Waals surface area (Å²) in [6.07, 6.45) is 4.35. The minimum atomic E-state index is -0.572. The quantitative estimate of drug-likeness (QED) is 0.777. The van der Waals surface area contributed by atoms with Crippen LogP contribution in [0, 0.1) is 11.6 Å². The van der Waals surface area contributed by atoms with E-state index in [1.54, 1.807) is 21.9 Å². The number of benzene rings is 1. The molecule has 0 bridgehead atoms. The highest BCUT2D eigenvalue weighted by Crippen LogP contribution is 2.33. The van der Waals surface area contributed by atoms with Crippen molar-refractivity contribution in [1.82, 2.24) is 9.88 Å². The minimum absolute atomic E-state index is 0.0564. The molecule has 1 aromatic heterocycles. The number of hydrogen-bond acceptors (Lipinski definition) is 4. The fraction of sp³-hybridized carbons (Fsp3) is 0.381. The maximum atomic E-state index is 13.4. The van der Waals surface area contributed by atoms with Crippen molar-refractivity contribution in [2.45, 2.75) is 24.9 Å². The van der Waals surface area contributed by atoms with Gasteiger partial charge in [0, 0.05) is 25.0 Å². The van der Waals surface area contributed by atoms with Gasteiger partial charge in [0.2, 0.25) is 0 Å². The maximum absolute atomic E-state index is 13.4. The molecule has 8 heteroatoms. The molecule has 29 heavy (non-hydrogen) atoms. The van der Waals surface area contributed by atoms with E-state index in [1.807, 2.05) is 0 Å². The largest absolute Gasteiger partial charge is 0.363 e. The Morgan fingerprint density at radius 2 is 1.86 bits per heavy atom. The van der Waals surface area contributed by atoms with Gasteiger partial charge in [-0.3, -0.25) is 14.6 Å². The van der Waals surface area contributed by atoms with Crippen molar-refractivity contribution in [3.8, 4) is 0 Å². The van der Waals surface area contributed by atoms with Crippen LogP contribution in [-0.2, 0) is 9.53 Å². The molecule has 152 valence electrons. The molecule has 2 aliphatic heterocycles. The van der Waals surface area contributed by atoms with Crippen molar-refractivity contribution in [3.05, 3.63) is 59.9 Å². The predicted molar refractivity (Wildman–Crippen MR) is 101 cm³/mol. The molecule has 1 aromatic carbocycles. The lowest BCUT2D eigenvalue weighted by molar-refractivity contribution is -0.140. The van der Waals surface area contributed by atoms with Gasteiger partial charge in [-0.2, -0.15) is 0 Å². The Morgan fingerprint density at radius 1 is 1.07 bits per heavy atom. The smallest absolute Gasteiger partial charge is 0.255 e. The van der Waals surface area contributed by atoms with Crippen molar-refractivity contribution in [1.29, 1.82) is 0 Å². The van der Waals surface area contributed by atoms with Gasteiger partial charge >= 0.3 is 0 Å². The van der Waals surface area contributed by atoms with Crippen LogP contribution in [0.5, 0.6) is 0 Å². The Labute approximate surface area is 167 Å². The monoisotopic (exact) mass is 401 g/mol. The summed E-state index contributed by atoms with van der Waals surface area (Å²) in [4.78, 5) is 32.1. The number of aromatic nitrogens is 1. The highest BCUT2D eigenvalue weighted by molar-refractivity contribution is 5.95. The van der Waals surface area contributed by atoms with Crippen molar-refractivity contribution in [3.63, 3.8) is 0 Å². The number of rotatable bonds is 2. The zero-order valence-corrected chi connectivity index (χ0v) is 15.8. The SMILES string of the molecule is O=C(c1cncc(F)c1)N1CCCC2(CC1)CN(c1ccc(F)cc1)C(=O)CO2. The molecular formula is C21H21F2N3O3. The number of hydrogen-bond donors (Lipinski definition) is 0. The number of nitrogens with zero attached hydrogens (tertiary/aromatic N) is 3. The summed E-state index contributed by atoms with van der Waals surface area (Å²) in [5.74, 6) is -1.35. The summed E-state index contributed by atoms with van der Waals surface area (Å²) in [5.41, 5.74) is 0.271. The number of amides is 2. The van der Waals surface area contributed by atoms with E-state index in [9.17, 15) is 18.4 Å². The van der Waals surface area contributed by atoms with E-state index < -0.39 is 11.4 Å². The number of halogens is 2. The van der Waals surface area contributed by atoms with Gasteiger partial charge in [-0.25, -0.2) is 8.78 Å². The lowest BCUT2D eigenvalue weighted by Crippen LogP contribution is -2.55. The highest BCUT2D eigenvalue weighted by atomic mass is 19.1. The van der Waals surface area contributed by atoms with E-state index >= 15 is 0 Å². The number of ether oxygens (including phenoxy) is 1. The molecule has 2 saturated heterocycles. The van der Waals surface area contributed by atoms with E-state index in [0.29, 0.717) is 44.6 Å². The molecule has 1 unspecified atom stereocenters. The zero-order chi connectivity index (χ0) is 20.4. The van der Waals surface area contributed by atoms with Crippen LogP contribution in [0.1, 0.15) is 29.6 Å². The highest BCUT2D eigenvalue weighted by Gasteiger charge is 2.42. The Kier molecular flexibility index (Phi) is 5.27. The molecule has 2 aromatic rings. The number of pyridine rings is 1. The van der Waals surface area contributed by atoms with Crippen LogP contribution in [0.4, 0.5) is 14.5 Å². The lowest BCUT2D eigenvalue weighted by Gasteiger charge is -2.42. The van der Waals surface area contributed by atoms with Crippen LogP contribution in [-0.4, -0.2) is 53.5 Å². The first-order valence-electron chi connectivity index (χ1n) is 9.56. The Bertz CT molecular complexity index is 922. The Hall–Kier alpha value is -2.87. The average molecular weight is 401 g/mol. The van der Waals surface area contributed by atoms with Gasteiger partial charge in [-0.15, -0.1) is 0 Å². The zero-order valence-electron chi connectivity index (χ0n) is 15.8. The van der Waals surface area contributed by atoms with Crippen molar-refractivity contribution >= 4 is 17.5 Å². The Balaban J connectivity index is 1.48.